The van der Waals surface area contributed by atoms with E-state index >= 15 is 0 Å². The fourth-order valence-electron chi connectivity index (χ4n) is 3.10. The van der Waals surface area contributed by atoms with E-state index in [2.05, 4.69) is 61.2 Å². The Bertz CT molecular complexity index is 413. The Hall–Kier alpha value is -1.09. The predicted octanol–water partition coefficient (Wildman–Crippen LogP) is 4.48. The fourth-order valence-corrected chi connectivity index (χ4v) is 3.10. The van der Waals surface area contributed by atoms with Gasteiger partial charge in [-0.05, 0) is 50.3 Å². The molecule has 0 spiro atoms. The van der Waals surface area contributed by atoms with Crippen LogP contribution in [-0.4, -0.2) is 29.0 Å². The molecular weight excluding hydrogens is 258 g/mol. The highest BCUT2D eigenvalue weighted by molar-refractivity contribution is 5.37. The third kappa shape index (κ3) is 4.70. The molecule has 0 saturated carbocycles. The first-order valence-electron chi connectivity index (χ1n) is 8.56. The number of pyridine rings is 1. The lowest BCUT2D eigenvalue weighted by Crippen LogP contribution is -2.36. The Morgan fingerprint density at radius 3 is 2.71 bits per heavy atom. The number of nitrogens with zero attached hydrogens (tertiary/aromatic N) is 2. The quantitative estimate of drug-likeness (QED) is 0.837. The normalized spacial score (nSPS) is 21.5. The van der Waals surface area contributed by atoms with Crippen LogP contribution in [0.3, 0.4) is 0 Å². The van der Waals surface area contributed by atoms with Crippen molar-refractivity contribution in [2.45, 2.75) is 65.5 Å². The summed E-state index contributed by atoms with van der Waals surface area (Å²) in [4.78, 5) is 7.26. The maximum absolute atomic E-state index is 4.62. The molecule has 2 heterocycles. The summed E-state index contributed by atoms with van der Waals surface area (Å²) in [6, 6.07) is 5.45. The van der Waals surface area contributed by atoms with Crippen LogP contribution in [0.25, 0.3) is 0 Å². The van der Waals surface area contributed by atoms with Crippen molar-refractivity contribution >= 4 is 5.82 Å². The molecule has 1 aliphatic rings. The van der Waals surface area contributed by atoms with E-state index < -0.39 is 0 Å². The molecule has 1 N–H and O–H groups in total. The van der Waals surface area contributed by atoms with E-state index in [0.717, 1.165) is 18.2 Å². The number of rotatable bonds is 6. The highest BCUT2D eigenvalue weighted by Crippen LogP contribution is 2.31. The minimum absolute atomic E-state index is 0.482. The Morgan fingerprint density at radius 2 is 2.10 bits per heavy atom. The molecule has 1 fully saturated rings. The van der Waals surface area contributed by atoms with Crippen molar-refractivity contribution in [2.24, 2.45) is 5.92 Å². The fraction of sp³-hybridized carbons (Fsp3) is 0.722. The molecule has 1 saturated heterocycles. The summed E-state index contributed by atoms with van der Waals surface area (Å²) in [5.74, 6) is 1.73. The molecular formula is C18H31N3. The molecule has 0 radical (unpaired) electrons. The smallest absolute Gasteiger partial charge is 0.126 e. The van der Waals surface area contributed by atoms with Crippen molar-refractivity contribution in [3.8, 4) is 0 Å². The van der Waals surface area contributed by atoms with E-state index in [-0.39, 0.29) is 0 Å². The Morgan fingerprint density at radius 1 is 1.29 bits per heavy atom. The van der Waals surface area contributed by atoms with Crippen LogP contribution in [-0.2, 0) is 0 Å². The summed E-state index contributed by atoms with van der Waals surface area (Å²) in [7, 11) is 0. The van der Waals surface area contributed by atoms with Crippen molar-refractivity contribution in [1.82, 2.24) is 9.88 Å². The minimum Gasteiger partial charge on any atom is -0.368 e. The van der Waals surface area contributed by atoms with Gasteiger partial charge in [-0.2, -0.15) is 0 Å². The van der Waals surface area contributed by atoms with E-state index in [1.807, 2.05) is 0 Å². The molecule has 2 rings (SSSR count). The summed E-state index contributed by atoms with van der Waals surface area (Å²) < 4.78 is 0. The topological polar surface area (TPSA) is 28.2 Å². The molecule has 1 aliphatic heterocycles. The molecule has 0 aliphatic carbocycles. The van der Waals surface area contributed by atoms with Gasteiger partial charge in [0.05, 0.1) is 0 Å². The van der Waals surface area contributed by atoms with Gasteiger partial charge in [0.2, 0.25) is 0 Å². The molecule has 3 nitrogen and oxygen atoms in total. The number of nitrogens with one attached hydrogen (secondary N) is 1. The average Bonchev–Trinajstić information content (AvgIpc) is 2.48. The number of piperidine rings is 1. The van der Waals surface area contributed by atoms with Crippen LogP contribution in [0.1, 0.15) is 65.0 Å². The first-order valence-corrected chi connectivity index (χ1v) is 8.56. The van der Waals surface area contributed by atoms with Crippen molar-refractivity contribution in [1.29, 1.82) is 0 Å². The standard InChI is InChI=1S/C18H31N3/c1-5-15(4)20-18-10-9-16(12-19-18)17-8-6-7-11-21(17)13-14(2)3/h9-10,12,14-15,17H,5-8,11,13H2,1-4H3,(H,19,20)/t15-,17+/m1/s1. The van der Waals surface area contributed by atoms with E-state index in [9.17, 15) is 0 Å². The van der Waals surface area contributed by atoms with Gasteiger partial charge < -0.3 is 5.32 Å². The third-order valence-electron chi connectivity index (χ3n) is 4.39. The first-order chi connectivity index (χ1) is 10.1. The maximum atomic E-state index is 4.62. The summed E-state index contributed by atoms with van der Waals surface area (Å²) in [6.45, 7) is 11.4. The summed E-state index contributed by atoms with van der Waals surface area (Å²) in [6.07, 6.45) is 7.14. The van der Waals surface area contributed by atoms with Crippen LogP contribution in [0.5, 0.6) is 0 Å². The lowest BCUT2D eigenvalue weighted by Gasteiger charge is -2.37. The van der Waals surface area contributed by atoms with E-state index in [1.54, 1.807) is 0 Å². The van der Waals surface area contributed by atoms with Gasteiger partial charge in [-0.3, -0.25) is 4.90 Å². The van der Waals surface area contributed by atoms with Crippen molar-refractivity contribution in [3.05, 3.63) is 23.9 Å². The number of likely N-dealkylation sites (tertiary alicyclic amines) is 1. The van der Waals surface area contributed by atoms with Gasteiger partial charge in [0, 0.05) is 24.8 Å². The number of anilines is 1. The zero-order chi connectivity index (χ0) is 15.2. The molecule has 3 heteroatoms. The highest BCUT2D eigenvalue weighted by Gasteiger charge is 2.24. The third-order valence-corrected chi connectivity index (χ3v) is 4.39. The molecule has 0 unspecified atom stereocenters. The van der Waals surface area contributed by atoms with Crippen LogP contribution in [0.2, 0.25) is 0 Å². The second kappa shape index (κ2) is 7.79. The van der Waals surface area contributed by atoms with Gasteiger partial charge in [0.1, 0.15) is 5.82 Å². The average molecular weight is 289 g/mol. The maximum Gasteiger partial charge on any atom is 0.126 e. The van der Waals surface area contributed by atoms with Crippen molar-refractivity contribution in [2.75, 3.05) is 18.4 Å². The molecule has 0 amide bonds. The highest BCUT2D eigenvalue weighted by atomic mass is 15.2. The second-order valence-corrected chi connectivity index (χ2v) is 6.83. The largest absolute Gasteiger partial charge is 0.368 e. The molecule has 21 heavy (non-hydrogen) atoms. The van der Waals surface area contributed by atoms with Crippen molar-refractivity contribution in [3.63, 3.8) is 0 Å². The second-order valence-electron chi connectivity index (χ2n) is 6.83. The molecule has 118 valence electrons. The van der Waals surface area contributed by atoms with E-state index in [4.69, 9.17) is 0 Å². The summed E-state index contributed by atoms with van der Waals surface area (Å²) in [5, 5.41) is 3.44. The monoisotopic (exact) mass is 289 g/mol. The van der Waals surface area contributed by atoms with Gasteiger partial charge in [0.25, 0.3) is 0 Å². The summed E-state index contributed by atoms with van der Waals surface area (Å²) >= 11 is 0. The van der Waals surface area contributed by atoms with E-state index in [0.29, 0.717) is 12.1 Å². The van der Waals surface area contributed by atoms with Gasteiger partial charge in [0.15, 0.2) is 0 Å². The molecule has 1 aromatic heterocycles. The predicted molar refractivity (Wildman–Crippen MR) is 90.6 cm³/mol. The SMILES string of the molecule is CC[C@@H](C)Nc1ccc([C@@H]2CCCCN2CC(C)C)cn1. The number of hydrogen-bond acceptors (Lipinski definition) is 3. The first kappa shape index (κ1) is 16.3. The lowest BCUT2D eigenvalue weighted by molar-refractivity contribution is 0.132. The molecule has 2 atom stereocenters. The summed E-state index contributed by atoms with van der Waals surface area (Å²) in [5.41, 5.74) is 1.38. The van der Waals surface area contributed by atoms with Crippen LogP contribution in [0.15, 0.2) is 18.3 Å². The van der Waals surface area contributed by atoms with E-state index in [1.165, 1.54) is 37.9 Å². The Kier molecular flexibility index (Phi) is 6.04. The van der Waals surface area contributed by atoms with Gasteiger partial charge in [-0.25, -0.2) is 4.98 Å². The minimum atomic E-state index is 0.482. The van der Waals surface area contributed by atoms with Crippen LogP contribution < -0.4 is 5.32 Å². The molecule has 0 bridgehead atoms. The van der Waals surface area contributed by atoms with Gasteiger partial charge >= 0.3 is 0 Å². The Balaban J connectivity index is 2.05. The lowest BCUT2D eigenvalue weighted by atomic mass is 9.95. The number of hydrogen-bond donors (Lipinski definition) is 1. The zero-order valence-corrected chi connectivity index (χ0v) is 14.1. The Labute approximate surface area is 130 Å². The van der Waals surface area contributed by atoms with Crippen LogP contribution in [0.4, 0.5) is 5.82 Å². The molecule has 0 aromatic carbocycles. The molecule has 1 aromatic rings. The van der Waals surface area contributed by atoms with Crippen LogP contribution >= 0.6 is 0 Å². The van der Waals surface area contributed by atoms with Crippen molar-refractivity contribution < 1.29 is 0 Å². The number of aromatic nitrogens is 1. The zero-order valence-electron chi connectivity index (χ0n) is 14.1. The van der Waals surface area contributed by atoms with Crippen LogP contribution in [0, 0.1) is 5.92 Å². The van der Waals surface area contributed by atoms with Gasteiger partial charge in [-0.15, -0.1) is 0 Å². The van der Waals surface area contributed by atoms with Gasteiger partial charge in [-0.1, -0.05) is 33.3 Å².